The smallest absolute Gasteiger partial charge is 0.120 e. The summed E-state index contributed by atoms with van der Waals surface area (Å²) in [6.07, 6.45) is 3.54. The monoisotopic (exact) mass is 266 g/mol. The number of rotatable bonds is 9. The molecule has 3 heteroatoms. The highest BCUT2D eigenvalue weighted by atomic mass is 16.3. The predicted molar refractivity (Wildman–Crippen MR) is 81.3 cm³/mol. The molecule has 1 N–H and O–H groups in total. The Morgan fingerprint density at radius 1 is 1.26 bits per heavy atom. The average molecular weight is 266 g/mol. The van der Waals surface area contributed by atoms with Gasteiger partial charge in [0, 0.05) is 6.04 Å². The van der Waals surface area contributed by atoms with Crippen LogP contribution in [0.4, 0.5) is 0 Å². The van der Waals surface area contributed by atoms with Crippen LogP contribution in [0.2, 0.25) is 0 Å². The molecule has 0 saturated carbocycles. The molecule has 0 bridgehead atoms. The molecule has 0 aliphatic rings. The molecule has 0 atom stereocenters. The first kappa shape index (κ1) is 16.3. The minimum atomic E-state index is 0.645. The Kier molecular flexibility index (Phi) is 7.17. The molecule has 0 saturated heterocycles. The first-order valence-corrected chi connectivity index (χ1v) is 7.61. The van der Waals surface area contributed by atoms with E-state index in [-0.39, 0.29) is 0 Å². The first-order chi connectivity index (χ1) is 9.12. The lowest BCUT2D eigenvalue weighted by Gasteiger charge is -2.24. The lowest BCUT2D eigenvalue weighted by molar-refractivity contribution is 0.204. The number of nitrogens with zero attached hydrogens (tertiary/aromatic N) is 1. The summed E-state index contributed by atoms with van der Waals surface area (Å²) in [6, 6.07) is 2.83. The van der Waals surface area contributed by atoms with Crippen molar-refractivity contribution in [1.29, 1.82) is 0 Å². The van der Waals surface area contributed by atoms with Gasteiger partial charge >= 0.3 is 0 Å². The normalized spacial score (nSPS) is 11.7. The topological polar surface area (TPSA) is 28.4 Å². The summed E-state index contributed by atoms with van der Waals surface area (Å²) in [5.41, 5.74) is 1.26. The van der Waals surface area contributed by atoms with E-state index in [0.717, 1.165) is 37.6 Å². The van der Waals surface area contributed by atoms with E-state index >= 15 is 0 Å². The largest absolute Gasteiger partial charge is 0.463 e. The number of nitrogens with one attached hydrogen (secondary N) is 1. The fourth-order valence-corrected chi connectivity index (χ4v) is 2.51. The van der Waals surface area contributed by atoms with E-state index in [1.807, 2.05) is 0 Å². The van der Waals surface area contributed by atoms with Crippen molar-refractivity contribution in [2.45, 2.75) is 66.1 Å². The van der Waals surface area contributed by atoms with Crippen molar-refractivity contribution in [2.75, 3.05) is 13.6 Å². The minimum Gasteiger partial charge on any atom is -0.463 e. The molecule has 0 spiro atoms. The Balaban J connectivity index is 2.57. The van der Waals surface area contributed by atoms with Crippen molar-refractivity contribution in [1.82, 2.24) is 10.2 Å². The highest BCUT2D eigenvalue weighted by Crippen LogP contribution is 2.18. The van der Waals surface area contributed by atoms with Gasteiger partial charge in [-0.05, 0) is 51.4 Å². The molecule has 1 aromatic rings. The first-order valence-electron chi connectivity index (χ1n) is 7.61. The maximum absolute atomic E-state index is 5.97. The molecule has 0 radical (unpaired) electrons. The summed E-state index contributed by atoms with van der Waals surface area (Å²) in [5, 5.41) is 3.40. The summed E-state index contributed by atoms with van der Waals surface area (Å²) < 4.78 is 5.97. The van der Waals surface area contributed by atoms with Gasteiger partial charge < -0.3 is 9.73 Å². The summed E-state index contributed by atoms with van der Waals surface area (Å²) in [6.45, 7) is 11.6. The van der Waals surface area contributed by atoms with E-state index in [1.165, 1.54) is 18.4 Å². The second kappa shape index (κ2) is 8.39. The lowest BCUT2D eigenvalue weighted by atomic mass is 10.1. The standard InChI is InChI=1S/C16H30N2O/c1-6-9-17-11-16-13(4)10-15(19-16)12-18(5)14(7-2)8-3/h10,14,17H,6-9,11-12H2,1-5H3. The third kappa shape index (κ3) is 5.00. The van der Waals surface area contributed by atoms with Crippen molar-refractivity contribution in [2.24, 2.45) is 0 Å². The van der Waals surface area contributed by atoms with E-state index in [2.05, 4.69) is 51.0 Å². The number of hydrogen-bond acceptors (Lipinski definition) is 3. The van der Waals surface area contributed by atoms with E-state index in [1.54, 1.807) is 0 Å². The van der Waals surface area contributed by atoms with Crippen molar-refractivity contribution < 1.29 is 4.42 Å². The molecule has 0 aliphatic heterocycles. The molecule has 0 aliphatic carbocycles. The van der Waals surface area contributed by atoms with Crippen LogP contribution in [0.1, 0.15) is 57.1 Å². The van der Waals surface area contributed by atoms with Crippen molar-refractivity contribution in [3.63, 3.8) is 0 Å². The van der Waals surface area contributed by atoms with Crippen molar-refractivity contribution in [3.8, 4) is 0 Å². The van der Waals surface area contributed by atoms with Crippen LogP contribution in [0, 0.1) is 6.92 Å². The van der Waals surface area contributed by atoms with Gasteiger partial charge in [-0.25, -0.2) is 0 Å². The zero-order valence-electron chi connectivity index (χ0n) is 13.3. The molecule has 3 nitrogen and oxygen atoms in total. The van der Waals surface area contributed by atoms with Crippen LogP contribution in [0.25, 0.3) is 0 Å². The van der Waals surface area contributed by atoms with Gasteiger partial charge in [0.15, 0.2) is 0 Å². The van der Waals surface area contributed by atoms with Crippen LogP contribution in [-0.2, 0) is 13.1 Å². The molecular weight excluding hydrogens is 236 g/mol. The Bertz CT molecular complexity index is 356. The van der Waals surface area contributed by atoms with Gasteiger partial charge in [0.05, 0.1) is 13.1 Å². The molecule has 0 unspecified atom stereocenters. The quantitative estimate of drug-likeness (QED) is 0.691. The number of hydrogen-bond donors (Lipinski definition) is 1. The maximum atomic E-state index is 5.97. The van der Waals surface area contributed by atoms with Gasteiger partial charge in [0.2, 0.25) is 0 Å². The van der Waals surface area contributed by atoms with E-state index in [9.17, 15) is 0 Å². The van der Waals surface area contributed by atoms with Crippen LogP contribution < -0.4 is 5.32 Å². The van der Waals surface area contributed by atoms with Crippen molar-refractivity contribution in [3.05, 3.63) is 23.2 Å². The Morgan fingerprint density at radius 2 is 1.95 bits per heavy atom. The zero-order valence-corrected chi connectivity index (χ0v) is 13.3. The van der Waals surface area contributed by atoms with Gasteiger partial charge in [-0.2, -0.15) is 0 Å². The Hall–Kier alpha value is -0.800. The van der Waals surface area contributed by atoms with E-state index < -0.39 is 0 Å². The number of furan rings is 1. The molecule has 0 fully saturated rings. The van der Waals surface area contributed by atoms with Gasteiger partial charge in [-0.15, -0.1) is 0 Å². The highest BCUT2D eigenvalue weighted by molar-refractivity contribution is 5.20. The predicted octanol–water partition coefficient (Wildman–Crippen LogP) is 3.71. The van der Waals surface area contributed by atoms with Crippen LogP contribution in [0.5, 0.6) is 0 Å². The SMILES string of the molecule is CCCNCc1oc(CN(C)C(CC)CC)cc1C. The fourth-order valence-electron chi connectivity index (χ4n) is 2.51. The molecule has 1 rings (SSSR count). The van der Waals surface area contributed by atoms with E-state index in [4.69, 9.17) is 4.42 Å². The molecule has 1 heterocycles. The van der Waals surface area contributed by atoms with Gasteiger partial charge in [-0.3, -0.25) is 4.90 Å². The van der Waals surface area contributed by atoms with Gasteiger partial charge in [0.1, 0.15) is 11.5 Å². The second-order valence-corrected chi connectivity index (χ2v) is 5.38. The van der Waals surface area contributed by atoms with Gasteiger partial charge in [-0.1, -0.05) is 20.8 Å². The second-order valence-electron chi connectivity index (χ2n) is 5.38. The molecular formula is C16H30N2O. The third-order valence-corrected chi connectivity index (χ3v) is 3.76. The Morgan fingerprint density at radius 3 is 2.53 bits per heavy atom. The molecule has 1 aromatic heterocycles. The van der Waals surface area contributed by atoms with Gasteiger partial charge in [0.25, 0.3) is 0 Å². The minimum absolute atomic E-state index is 0.645. The Labute approximate surface area is 118 Å². The average Bonchev–Trinajstić information content (AvgIpc) is 2.71. The summed E-state index contributed by atoms with van der Waals surface area (Å²) in [7, 11) is 2.19. The fraction of sp³-hybridized carbons (Fsp3) is 0.750. The highest BCUT2D eigenvalue weighted by Gasteiger charge is 2.14. The molecule has 19 heavy (non-hydrogen) atoms. The van der Waals surface area contributed by atoms with Crippen LogP contribution in [0.15, 0.2) is 10.5 Å². The molecule has 0 aromatic carbocycles. The van der Waals surface area contributed by atoms with Crippen molar-refractivity contribution >= 4 is 0 Å². The summed E-state index contributed by atoms with van der Waals surface area (Å²) >= 11 is 0. The maximum Gasteiger partial charge on any atom is 0.120 e. The van der Waals surface area contributed by atoms with Crippen LogP contribution in [0.3, 0.4) is 0 Å². The number of aryl methyl sites for hydroxylation is 1. The summed E-state index contributed by atoms with van der Waals surface area (Å²) in [5.74, 6) is 2.17. The molecule has 0 amide bonds. The van der Waals surface area contributed by atoms with Crippen LogP contribution in [-0.4, -0.2) is 24.5 Å². The molecule has 110 valence electrons. The lowest BCUT2D eigenvalue weighted by Crippen LogP contribution is -2.29. The summed E-state index contributed by atoms with van der Waals surface area (Å²) in [4.78, 5) is 2.39. The van der Waals surface area contributed by atoms with E-state index in [0.29, 0.717) is 6.04 Å². The third-order valence-electron chi connectivity index (χ3n) is 3.76. The van der Waals surface area contributed by atoms with Crippen LogP contribution >= 0.6 is 0 Å². The zero-order chi connectivity index (χ0) is 14.3.